The number of ether oxygens (including phenoxy) is 2. The van der Waals surface area contributed by atoms with Gasteiger partial charge in [0.1, 0.15) is 11.1 Å². The number of amides is 1. The Morgan fingerprint density at radius 2 is 2.11 bits per heavy atom. The summed E-state index contributed by atoms with van der Waals surface area (Å²) in [5.41, 5.74) is -1.79. The summed E-state index contributed by atoms with van der Waals surface area (Å²) in [5.74, 6) is -0.349. The highest BCUT2D eigenvalue weighted by Crippen LogP contribution is 2.49. The average Bonchev–Trinajstić information content (AvgIpc) is 2.72. The lowest BCUT2D eigenvalue weighted by molar-refractivity contribution is -0.158. The van der Waals surface area contributed by atoms with Gasteiger partial charge in [-0.3, -0.25) is 9.59 Å². The molecule has 0 aromatic heterocycles. The highest BCUT2D eigenvalue weighted by atomic mass is 16.5. The van der Waals surface area contributed by atoms with Gasteiger partial charge < -0.3 is 14.4 Å². The van der Waals surface area contributed by atoms with E-state index in [9.17, 15) is 9.59 Å². The van der Waals surface area contributed by atoms with Crippen molar-refractivity contribution < 1.29 is 19.1 Å². The highest BCUT2D eigenvalue weighted by Gasteiger charge is 2.64. The van der Waals surface area contributed by atoms with Crippen molar-refractivity contribution >= 4 is 11.9 Å². The van der Waals surface area contributed by atoms with Crippen molar-refractivity contribution in [3.63, 3.8) is 0 Å². The molecule has 0 aromatic rings. The van der Waals surface area contributed by atoms with Crippen LogP contribution in [0.25, 0.3) is 0 Å². The van der Waals surface area contributed by atoms with Gasteiger partial charge >= 0.3 is 5.97 Å². The van der Waals surface area contributed by atoms with E-state index in [4.69, 9.17) is 9.47 Å². The van der Waals surface area contributed by atoms with Crippen molar-refractivity contribution in [1.29, 1.82) is 0 Å². The van der Waals surface area contributed by atoms with Crippen molar-refractivity contribution in [2.24, 2.45) is 11.3 Å². The first-order chi connectivity index (χ1) is 8.26. The van der Waals surface area contributed by atoms with Crippen molar-refractivity contribution in [2.75, 3.05) is 13.7 Å². The number of fused-ring (bicyclic) bond motifs is 1. The van der Waals surface area contributed by atoms with Gasteiger partial charge in [0.05, 0.1) is 19.8 Å². The summed E-state index contributed by atoms with van der Waals surface area (Å²) in [4.78, 5) is 26.2. The predicted octanol–water partition coefficient (Wildman–Crippen LogP) is 1.17. The van der Waals surface area contributed by atoms with E-state index in [0.29, 0.717) is 18.9 Å². The summed E-state index contributed by atoms with van der Waals surface area (Å²) >= 11 is 0. The van der Waals surface area contributed by atoms with Crippen LogP contribution >= 0.6 is 0 Å². The van der Waals surface area contributed by atoms with Gasteiger partial charge in [-0.15, -0.1) is 0 Å². The molecule has 2 saturated heterocycles. The molecule has 2 aliphatic heterocycles. The lowest BCUT2D eigenvalue weighted by Gasteiger charge is -2.31. The predicted molar refractivity (Wildman–Crippen MR) is 64.6 cm³/mol. The number of rotatable bonds is 2. The van der Waals surface area contributed by atoms with Crippen molar-refractivity contribution in [1.82, 2.24) is 4.90 Å². The van der Waals surface area contributed by atoms with E-state index < -0.39 is 17.1 Å². The van der Waals surface area contributed by atoms with Gasteiger partial charge in [0.2, 0.25) is 5.91 Å². The largest absolute Gasteiger partial charge is 0.468 e. The van der Waals surface area contributed by atoms with Crippen LogP contribution in [0.15, 0.2) is 0 Å². The fraction of sp³-hybridized carbons (Fsp3) is 0.846. The van der Waals surface area contributed by atoms with Crippen LogP contribution in [0.1, 0.15) is 34.1 Å². The first-order valence-electron chi connectivity index (χ1n) is 6.32. The molecule has 18 heavy (non-hydrogen) atoms. The fourth-order valence-electron chi connectivity index (χ4n) is 3.13. The molecule has 3 atom stereocenters. The molecule has 102 valence electrons. The maximum absolute atomic E-state index is 12.6. The van der Waals surface area contributed by atoms with Crippen LogP contribution in [-0.4, -0.2) is 42.3 Å². The van der Waals surface area contributed by atoms with Crippen LogP contribution in [0.5, 0.6) is 0 Å². The monoisotopic (exact) mass is 255 g/mol. The fourth-order valence-corrected chi connectivity index (χ4v) is 3.13. The molecule has 2 heterocycles. The zero-order valence-electron chi connectivity index (χ0n) is 11.6. The smallest absolute Gasteiger partial charge is 0.321 e. The molecule has 2 fully saturated rings. The molecule has 1 amide bonds. The summed E-state index contributed by atoms with van der Waals surface area (Å²) in [6, 6.07) is 0.0361. The summed E-state index contributed by atoms with van der Waals surface area (Å²) in [7, 11) is 1.31. The zero-order valence-corrected chi connectivity index (χ0v) is 11.6. The standard InChI is InChI=1S/C13H21NO4/c1-8(2)9-6-18-13(4)7-12(3,11(16)17-5)10(15)14(9)13/h8-9H,6-7H2,1-5H3/t9-,12-,13-/m1/s1. The Hall–Kier alpha value is -1.10. The number of esters is 1. The minimum atomic E-state index is -1.11. The first kappa shape index (κ1) is 13.3. The van der Waals surface area contributed by atoms with Crippen LogP contribution in [0.2, 0.25) is 0 Å². The third-order valence-electron chi connectivity index (χ3n) is 4.18. The molecule has 5 heteroatoms. The molecule has 0 spiro atoms. The Morgan fingerprint density at radius 3 is 2.61 bits per heavy atom. The van der Waals surface area contributed by atoms with E-state index in [1.54, 1.807) is 11.8 Å². The number of carbonyl (C=O) groups excluding carboxylic acids is 2. The normalized spacial score (nSPS) is 39.3. The number of hydrogen-bond donors (Lipinski definition) is 0. The molecule has 0 saturated carbocycles. The van der Waals surface area contributed by atoms with Gasteiger partial charge in [-0.25, -0.2) is 0 Å². The second-order valence-electron chi connectivity index (χ2n) is 5.97. The number of hydrogen-bond acceptors (Lipinski definition) is 4. The lowest BCUT2D eigenvalue weighted by Crippen LogP contribution is -2.47. The molecule has 5 nitrogen and oxygen atoms in total. The third-order valence-corrected chi connectivity index (χ3v) is 4.18. The van der Waals surface area contributed by atoms with Crippen molar-refractivity contribution in [3.8, 4) is 0 Å². The summed E-state index contributed by atoms with van der Waals surface area (Å²) in [5, 5.41) is 0. The molecule has 0 bridgehead atoms. The van der Waals surface area contributed by atoms with Crippen molar-refractivity contribution in [2.45, 2.75) is 45.9 Å². The summed E-state index contributed by atoms with van der Waals surface area (Å²) in [6.45, 7) is 8.17. The Kier molecular flexibility index (Phi) is 2.93. The van der Waals surface area contributed by atoms with E-state index in [1.165, 1.54) is 7.11 Å². The first-order valence-corrected chi connectivity index (χ1v) is 6.32. The van der Waals surface area contributed by atoms with Gasteiger partial charge in [-0.1, -0.05) is 13.8 Å². The molecular formula is C13H21NO4. The van der Waals surface area contributed by atoms with Crippen LogP contribution < -0.4 is 0 Å². The second kappa shape index (κ2) is 3.95. The average molecular weight is 255 g/mol. The molecule has 0 aromatic carbocycles. The van der Waals surface area contributed by atoms with Gasteiger partial charge in [0, 0.05) is 6.42 Å². The molecule has 2 aliphatic rings. The van der Waals surface area contributed by atoms with Crippen LogP contribution in [0, 0.1) is 11.3 Å². The summed E-state index contributed by atoms with van der Waals surface area (Å²) < 4.78 is 10.6. The summed E-state index contributed by atoms with van der Waals surface area (Å²) in [6.07, 6.45) is 0.356. The quantitative estimate of drug-likeness (QED) is 0.549. The Bertz CT molecular complexity index is 394. The van der Waals surface area contributed by atoms with Crippen LogP contribution in [-0.2, 0) is 19.1 Å². The van der Waals surface area contributed by atoms with Gasteiger partial charge in [-0.05, 0) is 19.8 Å². The minimum Gasteiger partial charge on any atom is -0.468 e. The molecule has 0 N–H and O–H groups in total. The minimum absolute atomic E-state index is 0.0361. The Morgan fingerprint density at radius 1 is 1.50 bits per heavy atom. The zero-order chi connectivity index (χ0) is 13.7. The van der Waals surface area contributed by atoms with E-state index in [0.717, 1.165) is 0 Å². The molecule has 0 aliphatic carbocycles. The topological polar surface area (TPSA) is 55.8 Å². The molecule has 0 unspecified atom stereocenters. The van der Waals surface area contributed by atoms with E-state index >= 15 is 0 Å². The number of methoxy groups -OCH3 is 1. The van der Waals surface area contributed by atoms with Crippen LogP contribution in [0.3, 0.4) is 0 Å². The van der Waals surface area contributed by atoms with E-state index in [2.05, 4.69) is 13.8 Å². The van der Waals surface area contributed by atoms with E-state index in [-0.39, 0.29) is 11.9 Å². The van der Waals surface area contributed by atoms with Gasteiger partial charge in [0.25, 0.3) is 0 Å². The molecule has 2 rings (SSSR count). The van der Waals surface area contributed by atoms with Crippen molar-refractivity contribution in [3.05, 3.63) is 0 Å². The lowest BCUT2D eigenvalue weighted by atomic mass is 9.86. The third kappa shape index (κ3) is 1.56. The highest BCUT2D eigenvalue weighted by molar-refractivity contribution is 6.04. The Balaban J connectivity index is 2.37. The molecular weight excluding hydrogens is 234 g/mol. The number of carbonyl (C=O) groups is 2. The Labute approximate surface area is 107 Å². The second-order valence-corrected chi connectivity index (χ2v) is 5.97. The van der Waals surface area contributed by atoms with Gasteiger partial charge in [-0.2, -0.15) is 0 Å². The van der Waals surface area contributed by atoms with Crippen LogP contribution in [0.4, 0.5) is 0 Å². The number of nitrogens with zero attached hydrogens (tertiary/aromatic N) is 1. The SMILES string of the molecule is COC(=O)[C@]1(C)C[C@@]2(C)OC[C@H](C(C)C)N2C1=O. The molecule has 0 radical (unpaired) electrons. The van der Waals surface area contributed by atoms with Gasteiger partial charge in [0.15, 0.2) is 0 Å². The maximum Gasteiger partial charge on any atom is 0.321 e. The van der Waals surface area contributed by atoms with E-state index in [1.807, 2.05) is 6.92 Å². The maximum atomic E-state index is 12.6.